The molecule has 0 unspecified atom stereocenters. The van der Waals surface area contributed by atoms with E-state index in [2.05, 4.69) is 5.32 Å². The van der Waals surface area contributed by atoms with Gasteiger partial charge in [0, 0.05) is 16.5 Å². The average Bonchev–Trinajstić information content (AvgIpc) is 3.39. The number of hydrogen-bond acceptors (Lipinski definition) is 6. The SMILES string of the molecule is CC(=O)c1ccc(NC(=O)c2c(O)n(C(N)=O)c3ccc(C(=O)c4cccs4)cc23)c(Cl)c1. The first kappa shape index (κ1) is 22.3. The third-order valence-corrected chi connectivity index (χ3v) is 6.20. The molecule has 0 aliphatic carbocycles. The molecule has 2 amide bonds. The van der Waals surface area contributed by atoms with Gasteiger partial charge < -0.3 is 16.2 Å². The number of thiophene rings is 1. The van der Waals surface area contributed by atoms with Crippen molar-refractivity contribution in [3.05, 3.63) is 80.5 Å². The molecule has 2 heterocycles. The van der Waals surface area contributed by atoms with Gasteiger partial charge in [-0.25, -0.2) is 9.36 Å². The fourth-order valence-electron chi connectivity index (χ4n) is 3.44. The lowest BCUT2D eigenvalue weighted by atomic mass is 10.0. The molecule has 4 rings (SSSR count). The molecule has 10 heteroatoms. The summed E-state index contributed by atoms with van der Waals surface area (Å²) in [6.45, 7) is 1.38. The van der Waals surface area contributed by atoms with Gasteiger partial charge in [-0.3, -0.25) is 14.4 Å². The predicted octanol–water partition coefficient (Wildman–Crippen LogP) is 4.67. The molecule has 0 atom stereocenters. The zero-order valence-corrected chi connectivity index (χ0v) is 18.7. The summed E-state index contributed by atoms with van der Waals surface area (Å²) >= 11 is 7.46. The van der Waals surface area contributed by atoms with Gasteiger partial charge in [-0.1, -0.05) is 17.7 Å². The van der Waals surface area contributed by atoms with Crippen LogP contribution in [0, 0.1) is 0 Å². The number of benzene rings is 2. The van der Waals surface area contributed by atoms with Crippen LogP contribution in [0.25, 0.3) is 10.9 Å². The highest BCUT2D eigenvalue weighted by atomic mass is 35.5. The molecule has 0 saturated heterocycles. The van der Waals surface area contributed by atoms with E-state index in [1.54, 1.807) is 17.5 Å². The molecule has 33 heavy (non-hydrogen) atoms. The van der Waals surface area contributed by atoms with Crippen molar-refractivity contribution in [2.45, 2.75) is 6.92 Å². The largest absolute Gasteiger partial charge is 0.494 e. The maximum atomic E-state index is 13.1. The van der Waals surface area contributed by atoms with Gasteiger partial charge in [0.15, 0.2) is 5.78 Å². The molecule has 2 aromatic carbocycles. The van der Waals surface area contributed by atoms with Crippen LogP contribution in [0.15, 0.2) is 53.9 Å². The number of nitrogens with two attached hydrogens (primary N) is 1. The molecule has 0 bridgehead atoms. The van der Waals surface area contributed by atoms with Gasteiger partial charge in [0.25, 0.3) is 5.91 Å². The number of rotatable bonds is 5. The monoisotopic (exact) mass is 481 g/mol. The Bertz CT molecular complexity index is 1460. The Hall–Kier alpha value is -3.95. The number of primary amides is 1. The predicted molar refractivity (Wildman–Crippen MR) is 126 cm³/mol. The number of carbonyl (C=O) groups is 4. The highest BCUT2D eigenvalue weighted by molar-refractivity contribution is 7.12. The van der Waals surface area contributed by atoms with Crippen LogP contribution in [0.4, 0.5) is 10.5 Å². The number of halogens is 1. The average molecular weight is 482 g/mol. The van der Waals surface area contributed by atoms with E-state index in [0.29, 0.717) is 10.4 Å². The van der Waals surface area contributed by atoms with E-state index < -0.39 is 17.8 Å². The van der Waals surface area contributed by atoms with Crippen molar-refractivity contribution in [2.75, 3.05) is 5.32 Å². The molecule has 0 fully saturated rings. The molecule has 0 spiro atoms. The van der Waals surface area contributed by atoms with E-state index in [9.17, 15) is 24.3 Å². The van der Waals surface area contributed by atoms with Crippen molar-refractivity contribution in [1.82, 2.24) is 4.57 Å². The van der Waals surface area contributed by atoms with Crippen LogP contribution in [0.2, 0.25) is 5.02 Å². The quantitative estimate of drug-likeness (QED) is 0.356. The summed E-state index contributed by atoms with van der Waals surface area (Å²) in [7, 11) is 0. The van der Waals surface area contributed by atoms with Crippen molar-refractivity contribution in [3.8, 4) is 5.88 Å². The van der Waals surface area contributed by atoms with Crippen LogP contribution in [-0.2, 0) is 0 Å². The number of fused-ring (bicyclic) bond motifs is 1. The standard InChI is InChI=1S/C23H16ClN3O5S/c1-11(28)12-4-6-16(15(24)10-12)26-21(30)19-14-9-13(20(29)18-3-2-8-33-18)5-7-17(14)27(22(19)31)23(25)32/h2-10,31H,1H3,(H2,25,32)(H,26,30). The van der Waals surface area contributed by atoms with Gasteiger partial charge in [0.1, 0.15) is 5.56 Å². The fraction of sp³-hybridized carbons (Fsp3) is 0.0435. The first-order valence-corrected chi connectivity index (χ1v) is 10.8. The molecular weight excluding hydrogens is 466 g/mol. The second kappa shape index (κ2) is 8.53. The van der Waals surface area contributed by atoms with Crippen LogP contribution in [-0.4, -0.2) is 33.2 Å². The third-order valence-electron chi connectivity index (χ3n) is 5.02. The topological polar surface area (TPSA) is 131 Å². The number of carbonyl (C=O) groups excluding carboxylic acids is 4. The number of Topliss-reactive ketones (excluding diaryl/α,β-unsaturated/α-hetero) is 1. The van der Waals surface area contributed by atoms with Crippen molar-refractivity contribution in [2.24, 2.45) is 5.73 Å². The van der Waals surface area contributed by atoms with Gasteiger partial charge in [-0.05, 0) is 54.8 Å². The lowest BCUT2D eigenvalue weighted by Gasteiger charge is -2.08. The van der Waals surface area contributed by atoms with Crippen LogP contribution in [0.3, 0.4) is 0 Å². The van der Waals surface area contributed by atoms with Gasteiger partial charge in [0.2, 0.25) is 11.7 Å². The van der Waals surface area contributed by atoms with Crippen molar-refractivity contribution in [1.29, 1.82) is 0 Å². The first-order valence-electron chi connectivity index (χ1n) is 9.56. The van der Waals surface area contributed by atoms with E-state index in [0.717, 1.165) is 4.57 Å². The zero-order chi connectivity index (χ0) is 23.9. The Kier molecular flexibility index (Phi) is 5.75. The highest BCUT2D eigenvalue weighted by Gasteiger charge is 2.26. The molecule has 4 N–H and O–H groups in total. The zero-order valence-electron chi connectivity index (χ0n) is 17.1. The van der Waals surface area contributed by atoms with Crippen molar-refractivity contribution >= 4 is 63.0 Å². The molecule has 0 aliphatic heterocycles. The molecule has 4 aromatic rings. The lowest BCUT2D eigenvalue weighted by molar-refractivity contribution is 0.101. The number of amides is 2. The molecule has 166 valence electrons. The summed E-state index contributed by atoms with van der Waals surface area (Å²) in [5, 5.41) is 15.3. The second-order valence-corrected chi connectivity index (χ2v) is 8.47. The molecule has 0 saturated carbocycles. The minimum absolute atomic E-state index is 0.114. The molecular formula is C23H16ClN3O5S. The maximum Gasteiger partial charge on any atom is 0.326 e. The number of ketones is 2. The summed E-state index contributed by atoms with van der Waals surface area (Å²) in [6, 6.07) is 11.1. The van der Waals surface area contributed by atoms with E-state index in [1.165, 1.54) is 54.7 Å². The minimum Gasteiger partial charge on any atom is -0.494 e. The van der Waals surface area contributed by atoms with E-state index in [4.69, 9.17) is 17.3 Å². The molecule has 0 radical (unpaired) electrons. The summed E-state index contributed by atoms with van der Waals surface area (Å²) < 4.78 is 0.782. The van der Waals surface area contributed by atoms with Crippen LogP contribution < -0.4 is 11.1 Å². The second-order valence-electron chi connectivity index (χ2n) is 7.12. The Morgan fingerprint density at radius 1 is 1.06 bits per heavy atom. The van der Waals surface area contributed by atoms with Crippen LogP contribution >= 0.6 is 22.9 Å². The summed E-state index contributed by atoms with van der Waals surface area (Å²) in [5.74, 6) is -1.92. The summed E-state index contributed by atoms with van der Waals surface area (Å²) in [4.78, 5) is 49.9. The normalized spacial score (nSPS) is 10.8. The Balaban J connectivity index is 1.81. The maximum absolute atomic E-state index is 13.1. The van der Waals surface area contributed by atoms with E-state index >= 15 is 0 Å². The van der Waals surface area contributed by atoms with E-state index in [-0.39, 0.29) is 44.3 Å². The third kappa shape index (κ3) is 3.99. The minimum atomic E-state index is -1.00. The van der Waals surface area contributed by atoms with Crippen LogP contribution in [0.1, 0.15) is 42.9 Å². The first-order chi connectivity index (χ1) is 15.7. The van der Waals surface area contributed by atoms with Gasteiger partial charge >= 0.3 is 6.03 Å². The number of aromatic hydroxyl groups is 1. The van der Waals surface area contributed by atoms with Gasteiger partial charge in [-0.15, -0.1) is 11.3 Å². The number of aromatic nitrogens is 1. The number of hydrogen-bond donors (Lipinski definition) is 3. The highest BCUT2D eigenvalue weighted by Crippen LogP contribution is 2.34. The van der Waals surface area contributed by atoms with Gasteiger partial charge in [-0.2, -0.15) is 0 Å². The molecule has 0 aliphatic rings. The van der Waals surface area contributed by atoms with Crippen molar-refractivity contribution in [3.63, 3.8) is 0 Å². The molecule has 8 nitrogen and oxygen atoms in total. The van der Waals surface area contributed by atoms with Crippen molar-refractivity contribution < 1.29 is 24.3 Å². The Morgan fingerprint density at radius 3 is 2.39 bits per heavy atom. The lowest BCUT2D eigenvalue weighted by Crippen LogP contribution is -2.19. The number of nitrogens with zero attached hydrogens (tertiary/aromatic N) is 1. The van der Waals surface area contributed by atoms with Gasteiger partial charge in [0.05, 0.1) is 21.1 Å². The summed E-state index contributed by atoms with van der Waals surface area (Å²) in [5.41, 5.74) is 6.13. The van der Waals surface area contributed by atoms with Crippen LogP contribution in [0.5, 0.6) is 5.88 Å². The van der Waals surface area contributed by atoms with E-state index in [1.807, 2.05) is 0 Å². The smallest absolute Gasteiger partial charge is 0.326 e. The fourth-order valence-corrected chi connectivity index (χ4v) is 4.35. The Labute approximate surface area is 196 Å². The molecule has 2 aromatic heterocycles. The Morgan fingerprint density at radius 2 is 1.79 bits per heavy atom. The number of anilines is 1. The summed E-state index contributed by atoms with van der Waals surface area (Å²) in [6.07, 6.45) is 0. The number of nitrogens with one attached hydrogen (secondary N) is 1.